The Balaban J connectivity index is 2.35. The monoisotopic (exact) mass is 217 g/mol. The molecule has 1 rings (SSSR count). The summed E-state index contributed by atoms with van der Waals surface area (Å²) in [6.07, 6.45) is 0.339. The van der Waals surface area contributed by atoms with Gasteiger partial charge in [0.25, 0.3) is 0 Å². The summed E-state index contributed by atoms with van der Waals surface area (Å²) < 4.78 is 4.96. The number of rotatable bonds is 6. The van der Waals surface area contributed by atoms with Crippen molar-refractivity contribution in [2.24, 2.45) is 0 Å². The van der Waals surface area contributed by atoms with E-state index < -0.39 is 11.0 Å². The first-order valence-corrected chi connectivity index (χ1v) is 4.18. The molecule has 0 spiro atoms. The van der Waals surface area contributed by atoms with Crippen LogP contribution in [0.25, 0.3) is 0 Å². The third-order valence-electron chi connectivity index (χ3n) is 1.57. The summed E-state index contributed by atoms with van der Waals surface area (Å²) in [5.41, 5.74) is 0.437. The Morgan fingerprint density at radius 1 is 1.73 bits per heavy atom. The zero-order chi connectivity index (χ0) is 11.3. The fraction of sp³-hybridized carbons (Fsp3) is 0.571. The highest BCUT2D eigenvalue weighted by molar-refractivity contribution is 5.09. The van der Waals surface area contributed by atoms with Crippen molar-refractivity contribution in [2.45, 2.75) is 12.7 Å². The topological polar surface area (TPSA) is 122 Å². The Kier molecular flexibility index (Phi) is 4.16. The molecule has 3 N–H and O–H groups in total. The van der Waals surface area contributed by atoms with Crippen LogP contribution < -0.4 is 0 Å². The molecule has 8 nitrogen and oxygen atoms in total. The van der Waals surface area contributed by atoms with Gasteiger partial charge in [0.15, 0.2) is 0 Å². The summed E-state index contributed by atoms with van der Waals surface area (Å²) in [6.45, 7) is -0.357. The molecule has 0 saturated heterocycles. The van der Waals surface area contributed by atoms with Gasteiger partial charge in [0.2, 0.25) is 0 Å². The minimum atomic E-state index is -0.942. The maximum absolute atomic E-state index is 10.2. The number of imidazole rings is 1. The molecule has 84 valence electrons. The summed E-state index contributed by atoms with van der Waals surface area (Å²) in [6, 6.07) is 0. The molecule has 0 aliphatic carbocycles. The van der Waals surface area contributed by atoms with Crippen molar-refractivity contribution in [3.63, 3.8) is 0 Å². The van der Waals surface area contributed by atoms with Crippen molar-refractivity contribution >= 4 is 5.95 Å². The molecule has 0 saturated carbocycles. The van der Waals surface area contributed by atoms with E-state index in [2.05, 4.69) is 9.97 Å². The van der Waals surface area contributed by atoms with Crippen LogP contribution >= 0.6 is 0 Å². The molecule has 8 heteroatoms. The Morgan fingerprint density at radius 3 is 3.00 bits per heavy atom. The van der Waals surface area contributed by atoms with E-state index in [1.807, 2.05) is 0 Å². The molecule has 0 amide bonds. The SMILES string of the molecule is O=[N+]([O-])c1ncc(COCC(O)CO)[nH]1. The lowest BCUT2D eigenvalue weighted by Gasteiger charge is -2.05. The number of aromatic nitrogens is 2. The standard InChI is InChI=1S/C7H11N3O5/c11-2-6(12)4-15-3-5-1-8-7(9-5)10(13)14/h1,6,11-12H,2-4H2,(H,8,9). The normalized spacial score (nSPS) is 12.7. The quantitative estimate of drug-likeness (QED) is 0.423. The molecule has 0 aliphatic heterocycles. The number of aliphatic hydroxyl groups excluding tert-OH is 2. The van der Waals surface area contributed by atoms with E-state index in [0.717, 1.165) is 0 Å². The van der Waals surface area contributed by atoms with Crippen LogP contribution in [0.3, 0.4) is 0 Å². The Morgan fingerprint density at radius 2 is 2.47 bits per heavy atom. The second-order valence-electron chi connectivity index (χ2n) is 2.84. The molecular formula is C7H11N3O5. The van der Waals surface area contributed by atoms with Crippen molar-refractivity contribution in [1.82, 2.24) is 9.97 Å². The molecule has 0 fully saturated rings. The molecule has 0 aliphatic rings. The zero-order valence-electron chi connectivity index (χ0n) is 7.79. The maximum atomic E-state index is 10.2. The Labute approximate surface area is 84.7 Å². The van der Waals surface area contributed by atoms with Gasteiger partial charge in [-0.05, 0) is 4.92 Å². The number of hydrogen-bond donors (Lipinski definition) is 3. The first-order valence-electron chi connectivity index (χ1n) is 4.18. The van der Waals surface area contributed by atoms with E-state index in [1.165, 1.54) is 6.20 Å². The molecule has 1 atom stereocenters. The van der Waals surface area contributed by atoms with E-state index in [9.17, 15) is 10.1 Å². The average Bonchev–Trinajstić information content (AvgIpc) is 2.66. The van der Waals surface area contributed by atoms with E-state index in [1.54, 1.807) is 0 Å². The summed E-state index contributed by atoms with van der Waals surface area (Å²) >= 11 is 0. The molecule has 0 bridgehead atoms. The Bertz CT molecular complexity index is 326. The third kappa shape index (κ3) is 3.62. The number of nitro groups is 1. The second-order valence-corrected chi connectivity index (χ2v) is 2.84. The molecule has 1 heterocycles. The summed E-state index contributed by atoms with van der Waals surface area (Å²) in [7, 11) is 0. The number of hydrogen-bond acceptors (Lipinski definition) is 6. The van der Waals surface area contributed by atoms with Gasteiger partial charge < -0.3 is 25.1 Å². The summed E-state index contributed by atoms with van der Waals surface area (Å²) in [4.78, 5) is 15.5. The van der Waals surface area contributed by atoms with E-state index >= 15 is 0 Å². The second kappa shape index (κ2) is 5.39. The van der Waals surface area contributed by atoms with Crippen LogP contribution in [0.2, 0.25) is 0 Å². The molecule has 0 aromatic carbocycles. The van der Waals surface area contributed by atoms with Crippen LogP contribution in [-0.4, -0.2) is 44.4 Å². The Hall–Kier alpha value is -1.51. The van der Waals surface area contributed by atoms with Crippen molar-refractivity contribution in [3.8, 4) is 0 Å². The minimum absolute atomic E-state index is 0.0384. The van der Waals surface area contributed by atoms with Gasteiger partial charge in [-0.25, -0.2) is 4.98 Å². The summed E-state index contributed by atoms with van der Waals surface area (Å²) in [5.74, 6) is -0.351. The molecule has 0 radical (unpaired) electrons. The van der Waals surface area contributed by atoms with Crippen LogP contribution in [0, 0.1) is 10.1 Å². The largest absolute Gasteiger partial charge is 0.432 e. The van der Waals surface area contributed by atoms with Gasteiger partial charge >= 0.3 is 5.95 Å². The highest BCUT2D eigenvalue weighted by atomic mass is 16.6. The number of nitrogens with zero attached hydrogens (tertiary/aromatic N) is 2. The van der Waals surface area contributed by atoms with Gasteiger partial charge in [-0.3, -0.25) is 0 Å². The van der Waals surface area contributed by atoms with Crippen molar-refractivity contribution in [3.05, 3.63) is 22.0 Å². The summed E-state index contributed by atoms with van der Waals surface area (Å²) in [5, 5.41) is 27.6. The van der Waals surface area contributed by atoms with Crippen molar-refractivity contribution in [1.29, 1.82) is 0 Å². The van der Waals surface area contributed by atoms with Crippen LogP contribution in [-0.2, 0) is 11.3 Å². The van der Waals surface area contributed by atoms with E-state index in [-0.39, 0.29) is 25.8 Å². The molecular weight excluding hydrogens is 206 g/mol. The number of ether oxygens (including phenoxy) is 1. The fourth-order valence-electron chi connectivity index (χ4n) is 0.871. The highest BCUT2D eigenvalue weighted by Gasteiger charge is 2.11. The number of aromatic amines is 1. The van der Waals surface area contributed by atoms with E-state index in [4.69, 9.17) is 14.9 Å². The first-order chi connectivity index (χ1) is 7.13. The lowest BCUT2D eigenvalue weighted by molar-refractivity contribution is -0.393. The molecule has 1 aromatic rings. The number of H-pyrrole nitrogens is 1. The smallest absolute Gasteiger partial charge is 0.394 e. The van der Waals surface area contributed by atoms with Crippen LogP contribution in [0.4, 0.5) is 5.95 Å². The zero-order valence-corrected chi connectivity index (χ0v) is 7.79. The fourth-order valence-corrected chi connectivity index (χ4v) is 0.871. The van der Waals surface area contributed by atoms with Crippen molar-refractivity contribution in [2.75, 3.05) is 13.2 Å². The van der Waals surface area contributed by atoms with Crippen molar-refractivity contribution < 1.29 is 19.9 Å². The predicted molar refractivity (Wildman–Crippen MR) is 48.0 cm³/mol. The number of aliphatic hydroxyl groups is 2. The lowest BCUT2D eigenvalue weighted by atomic mass is 10.4. The minimum Gasteiger partial charge on any atom is -0.394 e. The van der Waals surface area contributed by atoms with Gasteiger partial charge in [-0.2, -0.15) is 0 Å². The first kappa shape index (κ1) is 11.6. The molecule has 15 heavy (non-hydrogen) atoms. The number of nitrogens with one attached hydrogen (secondary N) is 1. The van der Waals surface area contributed by atoms with Gasteiger partial charge in [0.05, 0.1) is 13.2 Å². The molecule has 1 unspecified atom stereocenters. The van der Waals surface area contributed by atoms with Gasteiger partial charge in [-0.1, -0.05) is 4.98 Å². The van der Waals surface area contributed by atoms with Gasteiger partial charge in [0, 0.05) is 0 Å². The van der Waals surface area contributed by atoms with Crippen LogP contribution in [0.15, 0.2) is 6.20 Å². The van der Waals surface area contributed by atoms with Gasteiger partial charge in [-0.15, -0.1) is 0 Å². The maximum Gasteiger partial charge on any atom is 0.432 e. The molecule has 1 aromatic heterocycles. The van der Waals surface area contributed by atoms with Crippen LogP contribution in [0.5, 0.6) is 0 Å². The average molecular weight is 217 g/mol. The van der Waals surface area contributed by atoms with Crippen LogP contribution in [0.1, 0.15) is 5.69 Å². The lowest BCUT2D eigenvalue weighted by Crippen LogP contribution is -2.19. The predicted octanol–water partition coefficient (Wildman–Crippen LogP) is -0.812. The van der Waals surface area contributed by atoms with Gasteiger partial charge in [0.1, 0.15) is 24.6 Å². The van der Waals surface area contributed by atoms with E-state index in [0.29, 0.717) is 5.69 Å². The third-order valence-corrected chi connectivity index (χ3v) is 1.57. The highest BCUT2D eigenvalue weighted by Crippen LogP contribution is 2.05.